The van der Waals surface area contributed by atoms with Gasteiger partial charge in [-0.15, -0.1) is 0 Å². The predicted molar refractivity (Wildman–Crippen MR) is 121 cm³/mol. The van der Waals surface area contributed by atoms with Gasteiger partial charge in [-0.05, 0) is 47.4 Å². The molecule has 7 heteroatoms. The van der Waals surface area contributed by atoms with Gasteiger partial charge in [-0.2, -0.15) is 0 Å². The number of H-pyrrole nitrogens is 1. The number of amides is 1. The van der Waals surface area contributed by atoms with Crippen molar-refractivity contribution >= 4 is 28.8 Å². The lowest BCUT2D eigenvalue weighted by Gasteiger charge is -2.08. The van der Waals surface area contributed by atoms with Gasteiger partial charge in [-0.25, -0.2) is 9.37 Å². The molecule has 1 aromatic carbocycles. The topological polar surface area (TPSA) is 102 Å². The van der Waals surface area contributed by atoms with E-state index in [9.17, 15) is 14.0 Å². The van der Waals surface area contributed by atoms with Crippen molar-refractivity contribution in [1.29, 1.82) is 0 Å². The Morgan fingerprint density at radius 2 is 1.88 bits per heavy atom. The van der Waals surface area contributed by atoms with Crippen molar-refractivity contribution in [2.24, 2.45) is 5.73 Å². The Morgan fingerprint density at radius 1 is 1.06 bits per heavy atom. The number of nitrogens with one attached hydrogen (secondary N) is 1. The Morgan fingerprint density at radius 3 is 2.53 bits per heavy atom. The minimum Gasteiger partial charge on any atom is -0.366 e. The van der Waals surface area contributed by atoms with Gasteiger partial charge in [-0.1, -0.05) is 26.0 Å². The molecule has 3 heterocycles. The number of pyridine rings is 2. The monoisotopic (exact) mass is 428 g/mol. The number of nitrogens with two attached hydrogens (primary N) is 1. The van der Waals surface area contributed by atoms with Crippen molar-refractivity contribution in [3.8, 4) is 11.1 Å². The number of carbonyl (C=O) groups is 2. The lowest BCUT2D eigenvalue weighted by Crippen LogP contribution is -2.07. The average Bonchev–Trinajstić information content (AvgIpc) is 3.19. The molecule has 6 nitrogen and oxygen atoms in total. The van der Waals surface area contributed by atoms with Crippen LogP contribution < -0.4 is 5.73 Å². The fourth-order valence-corrected chi connectivity index (χ4v) is 3.39. The molecule has 1 amide bonds. The number of halogens is 1. The molecule has 160 valence electrons. The van der Waals surface area contributed by atoms with Crippen molar-refractivity contribution in [3.63, 3.8) is 0 Å². The Hall–Kier alpha value is -4.13. The summed E-state index contributed by atoms with van der Waals surface area (Å²) in [6.45, 7) is 4.07. The number of fused-ring (bicyclic) bond motifs is 1. The minimum atomic E-state index is -0.634. The van der Waals surface area contributed by atoms with E-state index >= 15 is 0 Å². The summed E-state index contributed by atoms with van der Waals surface area (Å²) >= 11 is 0. The number of carbonyl (C=O) groups excluding carboxylic acids is 2. The molecule has 0 radical (unpaired) electrons. The first-order valence-corrected chi connectivity index (χ1v) is 10.1. The summed E-state index contributed by atoms with van der Waals surface area (Å²) in [7, 11) is 0. The molecule has 0 saturated heterocycles. The van der Waals surface area contributed by atoms with Gasteiger partial charge in [-0.3, -0.25) is 14.6 Å². The largest absolute Gasteiger partial charge is 0.366 e. The average molecular weight is 428 g/mol. The lowest BCUT2D eigenvalue weighted by atomic mass is 9.99. The van der Waals surface area contributed by atoms with Crippen LogP contribution in [0, 0.1) is 5.82 Å². The van der Waals surface area contributed by atoms with E-state index in [-0.39, 0.29) is 11.3 Å². The van der Waals surface area contributed by atoms with Gasteiger partial charge in [0.1, 0.15) is 17.2 Å². The van der Waals surface area contributed by atoms with Crippen LogP contribution in [0.2, 0.25) is 0 Å². The second-order valence-corrected chi connectivity index (χ2v) is 7.76. The van der Waals surface area contributed by atoms with E-state index in [2.05, 4.69) is 15.0 Å². The van der Waals surface area contributed by atoms with Crippen LogP contribution >= 0.6 is 0 Å². The fourth-order valence-electron chi connectivity index (χ4n) is 3.39. The summed E-state index contributed by atoms with van der Waals surface area (Å²) in [5.41, 5.74) is 8.93. The van der Waals surface area contributed by atoms with Gasteiger partial charge in [0.05, 0.1) is 5.56 Å². The maximum atomic E-state index is 14.9. The molecule has 0 bridgehead atoms. The van der Waals surface area contributed by atoms with Crippen LogP contribution in [0.4, 0.5) is 4.39 Å². The molecular weight excluding hydrogens is 407 g/mol. The molecule has 32 heavy (non-hydrogen) atoms. The lowest BCUT2D eigenvalue weighted by molar-refractivity contribution is -0.113. The third-order valence-corrected chi connectivity index (χ3v) is 5.22. The highest BCUT2D eigenvalue weighted by Crippen LogP contribution is 2.27. The molecule has 3 N–H and O–H groups in total. The van der Waals surface area contributed by atoms with Crippen molar-refractivity contribution in [1.82, 2.24) is 15.0 Å². The van der Waals surface area contributed by atoms with E-state index in [0.717, 1.165) is 16.5 Å². The Kier molecular flexibility index (Phi) is 5.64. The molecule has 4 aromatic rings. The molecule has 0 spiro atoms. The van der Waals surface area contributed by atoms with E-state index in [1.54, 1.807) is 36.8 Å². The number of benzene rings is 1. The van der Waals surface area contributed by atoms with Crippen molar-refractivity contribution in [3.05, 3.63) is 89.3 Å². The number of primary amides is 1. The molecule has 0 saturated carbocycles. The second kappa shape index (κ2) is 8.55. The number of ketones is 1. The SMILES string of the molecule is CC(C)c1ccc(C(=O)c2ccc(-c3cnc4[nH]cc(/C=C/C(N)=O)c4c3)cc2F)nc1. The third-order valence-electron chi connectivity index (χ3n) is 5.22. The highest BCUT2D eigenvalue weighted by atomic mass is 19.1. The standard InChI is InChI=1S/C25H21FN4O2/c1-14(2)16-4-7-22(28-11-16)24(32)19-6-3-15(10-21(19)26)18-9-20-17(5-8-23(27)31)12-29-25(20)30-13-18/h3-14H,1-2H3,(H2,27,31)(H,29,30)/b8-5+. The van der Waals surface area contributed by atoms with Crippen molar-refractivity contribution < 1.29 is 14.0 Å². The molecule has 4 rings (SSSR count). The summed E-state index contributed by atoms with van der Waals surface area (Å²) in [6.07, 6.45) is 7.82. The summed E-state index contributed by atoms with van der Waals surface area (Å²) < 4.78 is 14.9. The van der Waals surface area contributed by atoms with Crippen LogP contribution in [0.25, 0.3) is 28.2 Å². The van der Waals surface area contributed by atoms with E-state index in [4.69, 9.17) is 5.73 Å². The number of aromatic nitrogens is 3. The molecule has 0 aliphatic rings. The highest BCUT2D eigenvalue weighted by molar-refractivity contribution is 6.08. The molecule has 0 aliphatic heterocycles. The van der Waals surface area contributed by atoms with Crippen LogP contribution in [0.1, 0.15) is 46.9 Å². The van der Waals surface area contributed by atoms with Gasteiger partial charge in [0.2, 0.25) is 11.7 Å². The predicted octanol–water partition coefficient (Wildman–Crippen LogP) is 4.62. The molecular formula is C25H21FN4O2. The quantitative estimate of drug-likeness (QED) is 0.346. The van der Waals surface area contributed by atoms with Gasteiger partial charge in [0, 0.05) is 41.2 Å². The maximum absolute atomic E-state index is 14.9. The number of hydrogen-bond acceptors (Lipinski definition) is 4. The Labute approximate surface area is 184 Å². The van der Waals surface area contributed by atoms with Crippen LogP contribution in [0.15, 0.2) is 61.1 Å². The number of nitrogens with zero attached hydrogens (tertiary/aromatic N) is 2. The molecule has 3 aromatic heterocycles. The normalized spacial score (nSPS) is 11.5. The second-order valence-electron chi connectivity index (χ2n) is 7.76. The van der Waals surface area contributed by atoms with Crippen LogP contribution in [-0.4, -0.2) is 26.6 Å². The van der Waals surface area contributed by atoms with Crippen LogP contribution in [-0.2, 0) is 4.79 Å². The zero-order chi connectivity index (χ0) is 22.8. The van der Waals surface area contributed by atoms with Crippen LogP contribution in [0.3, 0.4) is 0 Å². The number of aromatic amines is 1. The van der Waals surface area contributed by atoms with Gasteiger partial charge in [0.25, 0.3) is 0 Å². The number of rotatable bonds is 6. The van der Waals surface area contributed by atoms with E-state index in [0.29, 0.717) is 22.7 Å². The summed E-state index contributed by atoms with van der Waals surface area (Å²) in [4.78, 5) is 35.3. The Bertz CT molecular complexity index is 1350. The van der Waals surface area contributed by atoms with E-state index < -0.39 is 17.5 Å². The molecule has 0 fully saturated rings. The minimum absolute atomic E-state index is 0.0423. The van der Waals surface area contributed by atoms with Gasteiger partial charge >= 0.3 is 0 Å². The first-order chi connectivity index (χ1) is 15.3. The zero-order valence-electron chi connectivity index (χ0n) is 17.6. The zero-order valence-corrected chi connectivity index (χ0v) is 17.6. The Balaban J connectivity index is 1.65. The highest BCUT2D eigenvalue weighted by Gasteiger charge is 2.17. The maximum Gasteiger partial charge on any atom is 0.241 e. The third kappa shape index (κ3) is 4.18. The van der Waals surface area contributed by atoms with E-state index in [1.807, 2.05) is 26.0 Å². The fraction of sp³-hybridized carbons (Fsp3) is 0.120. The molecule has 0 aliphatic carbocycles. The molecule has 0 atom stereocenters. The first-order valence-electron chi connectivity index (χ1n) is 10.1. The first kappa shape index (κ1) is 21.1. The van der Waals surface area contributed by atoms with Crippen LogP contribution in [0.5, 0.6) is 0 Å². The molecule has 0 unspecified atom stereocenters. The van der Waals surface area contributed by atoms with Crippen molar-refractivity contribution in [2.75, 3.05) is 0 Å². The van der Waals surface area contributed by atoms with Gasteiger partial charge < -0.3 is 10.7 Å². The summed E-state index contributed by atoms with van der Waals surface area (Å²) in [5.74, 6) is -1.37. The summed E-state index contributed by atoms with van der Waals surface area (Å²) in [5, 5.41) is 0.759. The summed E-state index contributed by atoms with van der Waals surface area (Å²) in [6, 6.07) is 9.73. The van der Waals surface area contributed by atoms with E-state index in [1.165, 1.54) is 18.2 Å². The van der Waals surface area contributed by atoms with Gasteiger partial charge in [0.15, 0.2) is 0 Å². The van der Waals surface area contributed by atoms with Crippen molar-refractivity contribution in [2.45, 2.75) is 19.8 Å². The smallest absolute Gasteiger partial charge is 0.241 e. The number of hydrogen-bond donors (Lipinski definition) is 2.